The maximum Gasteiger partial charge on any atom is 0.141 e. The maximum atomic E-state index is 6.09. The number of benzene rings is 2. The van der Waals surface area contributed by atoms with Gasteiger partial charge in [-0.15, -0.1) is 0 Å². The summed E-state index contributed by atoms with van der Waals surface area (Å²) in [6.45, 7) is 2.00. The first kappa shape index (κ1) is 18.3. The third kappa shape index (κ3) is 3.40. The van der Waals surface area contributed by atoms with Crippen LogP contribution in [0.15, 0.2) is 61.3 Å². The number of halogens is 1. The molecule has 5 aromatic rings. The largest absolute Gasteiger partial charge is 0.457 e. The van der Waals surface area contributed by atoms with Crippen molar-refractivity contribution in [2.24, 2.45) is 7.05 Å². The molecule has 0 bridgehead atoms. The van der Waals surface area contributed by atoms with E-state index in [0.717, 1.165) is 44.7 Å². The normalized spacial score (nSPS) is 11.2. The number of imidazole rings is 1. The first-order valence-electron chi connectivity index (χ1n) is 9.30. The van der Waals surface area contributed by atoms with Gasteiger partial charge in [0.25, 0.3) is 0 Å². The van der Waals surface area contributed by atoms with Crippen LogP contribution >= 0.6 is 11.6 Å². The smallest absolute Gasteiger partial charge is 0.141 e. The van der Waals surface area contributed by atoms with Crippen LogP contribution in [0.3, 0.4) is 0 Å². The van der Waals surface area contributed by atoms with Crippen LogP contribution in [0.5, 0.6) is 11.5 Å². The fourth-order valence-electron chi connectivity index (χ4n) is 3.32. The molecule has 8 heteroatoms. The van der Waals surface area contributed by atoms with Gasteiger partial charge in [-0.05, 0) is 48.9 Å². The number of hydrogen-bond donors (Lipinski definition) is 1. The minimum absolute atomic E-state index is 0.394. The Bertz CT molecular complexity index is 1400. The van der Waals surface area contributed by atoms with Crippen molar-refractivity contribution in [3.63, 3.8) is 0 Å². The van der Waals surface area contributed by atoms with Gasteiger partial charge in [0.05, 0.1) is 29.1 Å². The van der Waals surface area contributed by atoms with E-state index in [2.05, 4.69) is 25.3 Å². The lowest BCUT2D eigenvalue weighted by molar-refractivity contribution is 0.479. The second kappa shape index (κ2) is 7.27. The molecule has 0 aliphatic rings. The molecule has 2 aromatic carbocycles. The third-order valence-electron chi connectivity index (χ3n) is 4.85. The minimum atomic E-state index is 0.394. The molecule has 0 amide bonds. The number of pyridine rings is 1. The van der Waals surface area contributed by atoms with Crippen molar-refractivity contribution in [2.75, 3.05) is 5.32 Å². The van der Waals surface area contributed by atoms with E-state index < -0.39 is 0 Å². The van der Waals surface area contributed by atoms with Gasteiger partial charge in [-0.25, -0.2) is 19.9 Å². The number of aryl methyl sites for hydroxylation is 2. The summed E-state index contributed by atoms with van der Waals surface area (Å²) in [7, 11) is 1.97. The molecule has 0 unspecified atom stereocenters. The molecule has 5 rings (SSSR count). The van der Waals surface area contributed by atoms with Gasteiger partial charge >= 0.3 is 0 Å². The number of nitrogens with one attached hydrogen (secondary N) is 1. The molecule has 0 aliphatic heterocycles. The number of fused-ring (bicyclic) bond motifs is 2. The van der Waals surface area contributed by atoms with E-state index in [0.29, 0.717) is 11.0 Å². The van der Waals surface area contributed by atoms with E-state index in [9.17, 15) is 0 Å². The average molecular weight is 417 g/mol. The molecule has 3 heterocycles. The van der Waals surface area contributed by atoms with Crippen molar-refractivity contribution in [1.82, 2.24) is 24.5 Å². The Morgan fingerprint density at radius 2 is 1.87 bits per heavy atom. The number of nitrogens with zero attached hydrogens (tertiary/aromatic N) is 5. The zero-order chi connectivity index (χ0) is 20.7. The summed E-state index contributed by atoms with van der Waals surface area (Å²) >= 11 is 6.04. The molecule has 0 saturated heterocycles. The van der Waals surface area contributed by atoms with Gasteiger partial charge in [0.2, 0.25) is 0 Å². The van der Waals surface area contributed by atoms with Crippen LogP contribution in [0, 0.1) is 6.92 Å². The fraction of sp³-hybridized carbons (Fsp3) is 0.0909. The van der Waals surface area contributed by atoms with Gasteiger partial charge in [0, 0.05) is 24.2 Å². The van der Waals surface area contributed by atoms with E-state index >= 15 is 0 Å². The Morgan fingerprint density at radius 1 is 0.967 bits per heavy atom. The predicted octanol–water partition coefficient (Wildman–Crippen LogP) is 5.41. The molecule has 0 saturated carbocycles. The van der Waals surface area contributed by atoms with E-state index in [1.54, 1.807) is 18.6 Å². The van der Waals surface area contributed by atoms with E-state index in [1.807, 2.05) is 54.9 Å². The molecule has 0 atom stereocenters. The van der Waals surface area contributed by atoms with Crippen molar-refractivity contribution >= 4 is 45.0 Å². The number of aromatic nitrogens is 5. The molecule has 0 spiro atoms. The summed E-state index contributed by atoms with van der Waals surface area (Å²) in [6, 6.07) is 13.5. The summed E-state index contributed by atoms with van der Waals surface area (Å²) in [5.41, 5.74) is 4.55. The van der Waals surface area contributed by atoms with Gasteiger partial charge in [-0.1, -0.05) is 11.6 Å². The molecule has 30 heavy (non-hydrogen) atoms. The summed E-state index contributed by atoms with van der Waals surface area (Å²) in [5, 5.41) is 4.53. The van der Waals surface area contributed by atoms with Crippen LogP contribution < -0.4 is 10.1 Å². The first-order valence-corrected chi connectivity index (χ1v) is 9.67. The maximum absolute atomic E-state index is 6.09. The Hall–Kier alpha value is -3.71. The highest BCUT2D eigenvalue weighted by Gasteiger charge is 2.09. The zero-order valence-corrected chi connectivity index (χ0v) is 17.1. The SMILES string of the molecule is Cc1cc(Nc2ncnc3cnc(Cl)cc23)ccc1Oc1ccc2c(c1)ncn2C. The van der Waals surface area contributed by atoms with Gasteiger partial charge in [-0.3, -0.25) is 0 Å². The molecule has 0 fully saturated rings. The second-order valence-electron chi connectivity index (χ2n) is 6.96. The molecule has 0 aliphatic carbocycles. The van der Waals surface area contributed by atoms with E-state index in [1.165, 1.54) is 6.33 Å². The lowest BCUT2D eigenvalue weighted by Crippen LogP contribution is -1.97. The Kier molecular flexibility index (Phi) is 4.44. The number of hydrogen-bond acceptors (Lipinski definition) is 6. The Labute approximate surface area is 177 Å². The Morgan fingerprint density at radius 3 is 2.73 bits per heavy atom. The lowest BCUT2D eigenvalue weighted by Gasteiger charge is -2.12. The lowest BCUT2D eigenvalue weighted by atomic mass is 10.2. The summed E-state index contributed by atoms with van der Waals surface area (Å²) in [5.74, 6) is 2.18. The molecule has 7 nitrogen and oxygen atoms in total. The first-order chi connectivity index (χ1) is 14.6. The summed E-state index contributed by atoms with van der Waals surface area (Å²) in [4.78, 5) is 17.0. The van der Waals surface area contributed by atoms with Crippen LogP contribution in [0.1, 0.15) is 5.56 Å². The van der Waals surface area contributed by atoms with E-state index in [-0.39, 0.29) is 0 Å². The highest BCUT2D eigenvalue weighted by Crippen LogP contribution is 2.31. The number of rotatable bonds is 4. The second-order valence-corrected chi connectivity index (χ2v) is 7.35. The monoisotopic (exact) mass is 416 g/mol. The standard InChI is InChI=1S/C22H17ClN6O/c1-13-7-14(28-22-16-9-21(23)24-10-18(16)25-11-26-22)3-6-20(13)30-15-4-5-19-17(8-15)27-12-29(19)2/h3-12H,1-2H3,(H,25,26,28). The van der Waals surface area contributed by atoms with Crippen molar-refractivity contribution in [1.29, 1.82) is 0 Å². The predicted molar refractivity (Wildman–Crippen MR) is 118 cm³/mol. The van der Waals surface area contributed by atoms with Crippen LogP contribution in [0.4, 0.5) is 11.5 Å². The molecular formula is C22H17ClN6O. The number of ether oxygens (including phenoxy) is 1. The molecular weight excluding hydrogens is 400 g/mol. The van der Waals surface area contributed by atoms with Gasteiger partial charge in [0.1, 0.15) is 28.8 Å². The third-order valence-corrected chi connectivity index (χ3v) is 5.06. The molecule has 3 aromatic heterocycles. The molecule has 148 valence electrons. The van der Waals surface area contributed by atoms with Crippen LogP contribution in [0.2, 0.25) is 5.15 Å². The fourth-order valence-corrected chi connectivity index (χ4v) is 3.48. The quantitative estimate of drug-likeness (QED) is 0.395. The zero-order valence-electron chi connectivity index (χ0n) is 16.3. The van der Waals surface area contributed by atoms with Crippen molar-refractivity contribution in [3.05, 3.63) is 72.0 Å². The van der Waals surface area contributed by atoms with Crippen molar-refractivity contribution < 1.29 is 4.74 Å². The van der Waals surface area contributed by atoms with Gasteiger partial charge in [-0.2, -0.15) is 0 Å². The highest BCUT2D eigenvalue weighted by molar-refractivity contribution is 6.30. The highest BCUT2D eigenvalue weighted by atomic mass is 35.5. The molecule has 1 N–H and O–H groups in total. The molecule has 0 radical (unpaired) electrons. The van der Waals surface area contributed by atoms with Gasteiger partial charge in [0.15, 0.2) is 0 Å². The minimum Gasteiger partial charge on any atom is -0.457 e. The summed E-state index contributed by atoms with van der Waals surface area (Å²) < 4.78 is 8.07. The van der Waals surface area contributed by atoms with Gasteiger partial charge < -0.3 is 14.6 Å². The van der Waals surface area contributed by atoms with Crippen molar-refractivity contribution in [2.45, 2.75) is 6.92 Å². The Balaban J connectivity index is 1.41. The average Bonchev–Trinajstić information content (AvgIpc) is 3.11. The number of anilines is 2. The van der Waals surface area contributed by atoms with Crippen molar-refractivity contribution in [3.8, 4) is 11.5 Å². The summed E-state index contributed by atoms with van der Waals surface area (Å²) in [6.07, 6.45) is 4.92. The van der Waals surface area contributed by atoms with Crippen LogP contribution in [-0.2, 0) is 7.05 Å². The van der Waals surface area contributed by atoms with Crippen LogP contribution in [-0.4, -0.2) is 24.5 Å². The topological polar surface area (TPSA) is 77.8 Å². The van der Waals surface area contributed by atoms with Crippen LogP contribution in [0.25, 0.3) is 21.9 Å². The van der Waals surface area contributed by atoms with E-state index in [4.69, 9.17) is 16.3 Å².